The molecular weight excluding hydrogens is 226 g/mol. The van der Waals surface area contributed by atoms with Gasteiger partial charge in [-0.2, -0.15) is 0 Å². The van der Waals surface area contributed by atoms with E-state index in [-0.39, 0.29) is 0 Å². The highest BCUT2D eigenvalue weighted by Gasteiger charge is 2.21. The van der Waals surface area contributed by atoms with E-state index >= 15 is 0 Å². The lowest BCUT2D eigenvalue weighted by atomic mass is 10.0. The number of ether oxygens (including phenoxy) is 1. The van der Waals surface area contributed by atoms with Crippen molar-refractivity contribution < 1.29 is 4.74 Å². The number of nitrogens with zero attached hydrogens (tertiary/aromatic N) is 2. The number of allylic oxidation sites excluding steroid dienone is 2. The van der Waals surface area contributed by atoms with Gasteiger partial charge in [-0.15, -0.1) is 0 Å². The molecule has 0 bridgehead atoms. The zero-order valence-corrected chi connectivity index (χ0v) is 11.6. The summed E-state index contributed by atoms with van der Waals surface area (Å²) in [6, 6.07) is 1.02. The quantitative estimate of drug-likeness (QED) is 0.821. The maximum absolute atomic E-state index is 5.41. The second-order valence-corrected chi connectivity index (χ2v) is 5.19. The lowest BCUT2D eigenvalue weighted by Crippen LogP contribution is -2.38. The minimum Gasteiger partial charge on any atom is -0.463 e. The van der Waals surface area contributed by atoms with Crippen LogP contribution in [-0.4, -0.2) is 50.8 Å². The Bertz CT molecular complexity index is 385. The van der Waals surface area contributed by atoms with Gasteiger partial charge in [-0.1, -0.05) is 17.7 Å². The fourth-order valence-electron chi connectivity index (χ4n) is 2.46. The van der Waals surface area contributed by atoms with Crippen molar-refractivity contribution in [1.82, 2.24) is 10.2 Å². The van der Waals surface area contributed by atoms with Crippen LogP contribution >= 0.6 is 0 Å². The van der Waals surface area contributed by atoms with Crippen molar-refractivity contribution in [2.45, 2.75) is 25.8 Å². The molecule has 2 aliphatic rings. The molecular formula is C14H23N3O. The van der Waals surface area contributed by atoms with Gasteiger partial charge in [-0.3, -0.25) is 4.90 Å². The molecule has 1 aliphatic heterocycles. The van der Waals surface area contributed by atoms with Crippen LogP contribution in [0.3, 0.4) is 0 Å². The Labute approximate surface area is 109 Å². The summed E-state index contributed by atoms with van der Waals surface area (Å²) in [5, 5.41) is 3.27. The second kappa shape index (κ2) is 6.05. The van der Waals surface area contributed by atoms with E-state index < -0.39 is 0 Å². The van der Waals surface area contributed by atoms with Gasteiger partial charge in [0.25, 0.3) is 6.02 Å². The van der Waals surface area contributed by atoms with E-state index in [2.05, 4.69) is 41.3 Å². The molecule has 1 fully saturated rings. The van der Waals surface area contributed by atoms with E-state index in [0.717, 1.165) is 13.1 Å². The number of hydrogen-bond acceptors (Lipinski definition) is 3. The summed E-state index contributed by atoms with van der Waals surface area (Å²) in [6.45, 7) is 4.91. The van der Waals surface area contributed by atoms with Crippen LogP contribution < -0.4 is 5.32 Å². The third-order valence-electron chi connectivity index (χ3n) is 3.31. The molecule has 18 heavy (non-hydrogen) atoms. The average molecular weight is 249 g/mol. The number of likely N-dealkylation sites (N-methyl/N-ethyl adjacent to an activating group) is 1. The molecule has 0 aromatic rings. The third kappa shape index (κ3) is 3.60. The summed E-state index contributed by atoms with van der Waals surface area (Å²) in [4.78, 5) is 6.35. The van der Waals surface area contributed by atoms with Crippen LogP contribution in [0.4, 0.5) is 0 Å². The fourth-order valence-corrected chi connectivity index (χ4v) is 2.46. The van der Waals surface area contributed by atoms with Gasteiger partial charge in [0.2, 0.25) is 0 Å². The average Bonchev–Trinajstić information content (AvgIpc) is 2.76. The van der Waals surface area contributed by atoms with Crippen molar-refractivity contribution in [2.24, 2.45) is 4.99 Å². The molecule has 1 N–H and O–H groups in total. The van der Waals surface area contributed by atoms with Crippen LogP contribution in [-0.2, 0) is 4.74 Å². The standard InChI is InChI=1S/C14H23N3O/c1-11-5-4-6-12(7-11)8-17(3)9-13-10-18-14(15-2)16-13/h6-7,13H,4-5,8-10H2,1-3H3,(H,15,16)/t13-/m1/s1. The molecule has 100 valence electrons. The van der Waals surface area contributed by atoms with E-state index in [9.17, 15) is 0 Å². The zero-order valence-electron chi connectivity index (χ0n) is 11.6. The summed E-state index contributed by atoms with van der Waals surface area (Å²) in [7, 11) is 3.90. The highest BCUT2D eigenvalue weighted by Crippen LogP contribution is 2.17. The molecule has 1 aliphatic carbocycles. The van der Waals surface area contributed by atoms with Gasteiger partial charge >= 0.3 is 0 Å². The Morgan fingerprint density at radius 2 is 2.39 bits per heavy atom. The molecule has 0 amide bonds. The lowest BCUT2D eigenvalue weighted by Gasteiger charge is -2.21. The van der Waals surface area contributed by atoms with Gasteiger partial charge < -0.3 is 10.1 Å². The van der Waals surface area contributed by atoms with Crippen LogP contribution in [0.15, 0.2) is 28.3 Å². The highest BCUT2D eigenvalue weighted by atomic mass is 16.5. The first-order chi connectivity index (χ1) is 8.67. The van der Waals surface area contributed by atoms with Gasteiger partial charge in [-0.05, 0) is 32.4 Å². The van der Waals surface area contributed by atoms with Crippen LogP contribution in [0, 0.1) is 0 Å². The highest BCUT2D eigenvalue weighted by molar-refractivity contribution is 5.75. The SMILES string of the molecule is CN=C1N[C@H](CN(C)CC2=CCCC(C)=C2)CO1. The van der Waals surface area contributed by atoms with Crippen molar-refractivity contribution >= 4 is 6.02 Å². The lowest BCUT2D eigenvalue weighted by molar-refractivity contribution is 0.275. The number of nitrogens with one attached hydrogen (secondary N) is 1. The Kier molecular flexibility index (Phi) is 4.42. The molecule has 0 aromatic heterocycles. The van der Waals surface area contributed by atoms with Crippen molar-refractivity contribution in [3.05, 3.63) is 23.3 Å². The van der Waals surface area contributed by atoms with Crippen LogP contribution in [0.5, 0.6) is 0 Å². The molecule has 4 nitrogen and oxygen atoms in total. The summed E-state index contributed by atoms with van der Waals surface area (Å²) in [6.07, 6.45) is 7.06. The molecule has 4 heteroatoms. The van der Waals surface area contributed by atoms with Gasteiger partial charge in [0.1, 0.15) is 6.61 Å². The monoisotopic (exact) mass is 249 g/mol. The van der Waals surface area contributed by atoms with Crippen LogP contribution in [0.1, 0.15) is 19.8 Å². The molecule has 1 heterocycles. The molecule has 1 atom stereocenters. The summed E-state index contributed by atoms with van der Waals surface area (Å²) in [5.41, 5.74) is 2.92. The first-order valence-corrected chi connectivity index (χ1v) is 6.58. The molecule has 0 radical (unpaired) electrons. The fraction of sp³-hybridized carbons (Fsp3) is 0.643. The third-order valence-corrected chi connectivity index (χ3v) is 3.31. The molecule has 0 aromatic carbocycles. The number of hydrogen-bond donors (Lipinski definition) is 1. The minimum atomic E-state index is 0.350. The van der Waals surface area contributed by atoms with Crippen molar-refractivity contribution in [1.29, 1.82) is 0 Å². The Morgan fingerprint density at radius 3 is 3.06 bits per heavy atom. The molecule has 1 saturated heterocycles. The normalized spacial score (nSPS) is 25.8. The smallest absolute Gasteiger partial charge is 0.284 e. The Balaban J connectivity index is 1.79. The van der Waals surface area contributed by atoms with Crippen LogP contribution in [0.25, 0.3) is 0 Å². The van der Waals surface area contributed by atoms with Gasteiger partial charge in [0.15, 0.2) is 0 Å². The predicted octanol–water partition coefficient (Wildman–Crippen LogP) is 1.56. The summed E-state index contributed by atoms with van der Waals surface area (Å²) < 4.78 is 5.41. The molecule has 0 spiro atoms. The summed E-state index contributed by atoms with van der Waals surface area (Å²) >= 11 is 0. The van der Waals surface area contributed by atoms with Gasteiger partial charge in [0, 0.05) is 20.1 Å². The molecule has 2 rings (SSSR count). The van der Waals surface area contributed by atoms with E-state index in [1.54, 1.807) is 7.05 Å². The maximum atomic E-state index is 5.41. The Hall–Kier alpha value is -1.29. The molecule has 0 saturated carbocycles. The first-order valence-electron chi connectivity index (χ1n) is 6.58. The number of aliphatic imine (C=N–C) groups is 1. The largest absolute Gasteiger partial charge is 0.463 e. The Morgan fingerprint density at radius 1 is 1.56 bits per heavy atom. The van der Waals surface area contributed by atoms with Crippen molar-refractivity contribution in [3.63, 3.8) is 0 Å². The second-order valence-electron chi connectivity index (χ2n) is 5.19. The minimum absolute atomic E-state index is 0.350. The van der Waals surface area contributed by atoms with E-state index in [1.807, 2.05) is 0 Å². The van der Waals surface area contributed by atoms with Crippen molar-refractivity contribution in [2.75, 3.05) is 33.8 Å². The number of amidine groups is 1. The maximum Gasteiger partial charge on any atom is 0.284 e. The van der Waals surface area contributed by atoms with E-state index in [4.69, 9.17) is 4.74 Å². The first kappa shape index (κ1) is 13.1. The molecule has 0 unspecified atom stereocenters. The number of rotatable bonds is 4. The topological polar surface area (TPSA) is 36.9 Å². The van der Waals surface area contributed by atoms with Gasteiger partial charge in [-0.25, -0.2) is 4.99 Å². The van der Waals surface area contributed by atoms with Crippen molar-refractivity contribution in [3.8, 4) is 0 Å². The van der Waals surface area contributed by atoms with Gasteiger partial charge in [0.05, 0.1) is 6.04 Å². The zero-order chi connectivity index (χ0) is 13.0. The predicted molar refractivity (Wildman–Crippen MR) is 74.8 cm³/mol. The van der Waals surface area contributed by atoms with Crippen LogP contribution in [0.2, 0.25) is 0 Å². The summed E-state index contributed by atoms with van der Waals surface area (Å²) in [5.74, 6) is 0. The van der Waals surface area contributed by atoms with E-state index in [1.165, 1.54) is 24.0 Å². The van der Waals surface area contributed by atoms with E-state index in [0.29, 0.717) is 18.7 Å².